The first-order valence-electron chi connectivity index (χ1n) is 5.16. The second kappa shape index (κ2) is 5.26. The maximum absolute atomic E-state index is 11.9. The summed E-state index contributed by atoms with van der Waals surface area (Å²) in [7, 11) is 0. The van der Waals surface area contributed by atoms with Gasteiger partial charge in [0.25, 0.3) is 5.56 Å². The predicted molar refractivity (Wildman–Crippen MR) is 71.8 cm³/mol. The number of pyridine rings is 1. The number of hydrogen-bond donors (Lipinski definition) is 1. The average Bonchev–Trinajstić information content (AvgIpc) is 2.34. The van der Waals surface area contributed by atoms with Gasteiger partial charge in [-0.2, -0.15) is 5.26 Å². The fraction of sp³-hybridized carbons (Fsp3) is 0.0769. The van der Waals surface area contributed by atoms with E-state index in [4.69, 9.17) is 28.5 Å². The molecule has 0 amide bonds. The molecule has 2 aromatic rings. The Kier molecular flexibility index (Phi) is 3.71. The van der Waals surface area contributed by atoms with Gasteiger partial charge in [-0.25, -0.2) is 0 Å². The van der Waals surface area contributed by atoms with Crippen LogP contribution in [0.3, 0.4) is 0 Å². The molecule has 1 N–H and O–H groups in total. The van der Waals surface area contributed by atoms with Gasteiger partial charge in [-0.15, -0.1) is 0 Å². The third kappa shape index (κ3) is 2.40. The minimum atomic E-state index is -0.249. The highest BCUT2D eigenvalue weighted by molar-refractivity contribution is 6.42. The molecule has 0 bridgehead atoms. The van der Waals surface area contributed by atoms with Crippen molar-refractivity contribution < 1.29 is 0 Å². The monoisotopic (exact) mass is 278 g/mol. The Labute approximate surface area is 114 Å². The topological polar surface area (TPSA) is 56.6 Å². The molecule has 5 heteroatoms. The number of aromatic nitrogens is 1. The van der Waals surface area contributed by atoms with E-state index in [1.54, 1.807) is 24.3 Å². The lowest BCUT2D eigenvalue weighted by Crippen LogP contribution is -2.10. The molecule has 0 aliphatic rings. The van der Waals surface area contributed by atoms with Crippen molar-refractivity contribution >= 4 is 23.2 Å². The molecule has 0 aliphatic carbocycles. The molecule has 0 aliphatic heterocycles. The summed E-state index contributed by atoms with van der Waals surface area (Å²) in [6.45, 7) is 0. The van der Waals surface area contributed by atoms with Crippen molar-refractivity contribution in [2.24, 2.45) is 0 Å². The summed E-state index contributed by atoms with van der Waals surface area (Å²) >= 11 is 11.8. The smallest absolute Gasteiger partial charge is 0.256 e. The second-order valence-corrected chi connectivity index (χ2v) is 4.49. The number of nitrogens with one attached hydrogen (secondary N) is 1. The summed E-state index contributed by atoms with van der Waals surface area (Å²) in [5, 5.41) is 9.57. The van der Waals surface area contributed by atoms with Gasteiger partial charge in [-0.3, -0.25) is 4.79 Å². The van der Waals surface area contributed by atoms with Crippen molar-refractivity contribution in [1.82, 2.24) is 4.98 Å². The molecule has 2 rings (SSSR count). The number of aromatic amines is 1. The number of nitriles is 1. The molecule has 0 fully saturated rings. The Morgan fingerprint density at radius 2 is 2.00 bits per heavy atom. The summed E-state index contributed by atoms with van der Waals surface area (Å²) in [6.07, 6.45) is 1.69. The van der Waals surface area contributed by atoms with E-state index >= 15 is 0 Å². The molecule has 0 saturated carbocycles. The summed E-state index contributed by atoms with van der Waals surface area (Å²) < 4.78 is 0. The van der Waals surface area contributed by atoms with Gasteiger partial charge in [0.15, 0.2) is 0 Å². The second-order valence-electron chi connectivity index (χ2n) is 3.67. The number of halogens is 2. The van der Waals surface area contributed by atoms with Crippen LogP contribution >= 0.6 is 23.2 Å². The zero-order valence-corrected chi connectivity index (χ0v) is 10.7. The first-order valence-corrected chi connectivity index (χ1v) is 5.92. The molecule has 0 atom stereocenters. The van der Waals surface area contributed by atoms with E-state index in [1.807, 2.05) is 6.07 Å². The molecule has 1 aromatic heterocycles. The van der Waals surface area contributed by atoms with Gasteiger partial charge in [0.1, 0.15) is 0 Å². The van der Waals surface area contributed by atoms with Crippen molar-refractivity contribution in [1.29, 1.82) is 5.26 Å². The summed E-state index contributed by atoms with van der Waals surface area (Å²) in [6, 6.07) is 8.70. The standard InChI is InChI=1S/C13H8Cl2N2O/c14-10-2-1-9(7-11(10)15)12-8(3-5-16)4-6-17-13(12)18/h1-2,4,6-7H,3H2,(H,17,18). The fourth-order valence-electron chi connectivity index (χ4n) is 1.72. The molecule has 0 unspecified atom stereocenters. The number of hydrogen-bond acceptors (Lipinski definition) is 2. The van der Waals surface area contributed by atoms with Crippen LogP contribution in [0.4, 0.5) is 0 Å². The maximum Gasteiger partial charge on any atom is 0.256 e. The van der Waals surface area contributed by atoms with Gasteiger partial charge in [-0.1, -0.05) is 29.3 Å². The first kappa shape index (κ1) is 12.7. The van der Waals surface area contributed by atoms with Gasteiger partial charge >= 0.3 is 0 Å². The van der Waals surface area contributed by atoms with Gasteiger partial charge in [0.05, 0.1) is 28.1 Å². The number of benzene rings is 1. The molecular weight excluding hydrogens is 271 g/mol. The van der Waals surface area contributed by atoms with E-state index < -0.39 is 0 Å². The lowest BCUT2D eigenvalue weighted by Gasteiger charge is -2.06. The van der Waals surface area contributed by atoms with E-state index in [9.17, 15) is 4.79 Å². The third-order valence-electron chi connectivity index (χ3n) is 2.52. The minimum absolute atomic E-state index is 0.166. The van der Waals surface area contributed by atoms with Crippen LogP contribution in [0.2, 0.25) is 10.0 Å². The molecule has 1 aromatic carbocycles. The van der Waals surface area contributed by atoms with Crippen LogP contribution in [-0.4, -0.2) is 4.98 Å². The minimum Gasteiger partial charge on any atom is -0.329 e. The Hall–Kier alpha value is -1.76. The van der Waals surface area contributed by atoms with Crippen LogP contribution in [0.1, 0.15) is 5.56 Å². The zero-order chi connectivity index (χ0) is 13.1. The van der Waals surface area contributed by atoms with Gasteiger partial charge < -0.3 is 4.98 Å². The van der Waals surface area contributed by atoms with Crippen LogP contribution in [0.25, 0.3) is 11.1 Å². The highest BCUT2D eigenvalue weighted by Crippen LogP contribution is 2.28. The lowest BCUT2D eigenvalue weighted by atomic mass is 10.0. The highest BCUT2D eigenvalue weighted by atomic mass is 35.5. The van der Waals surface area contributed by atoms with E-state index in [0.29, 0.717) is 26.7 Å². The molecule has 90 valence electrons. The van der Waals surface area contributed by atoms with Crippen LogP contribution in [0.5, 0.6) is 0 Å². The summed E-state index contributed by atoms with van der Waals surface area (Å²) in [5.74, 6) is 0. The van der Waals surface area contributed by atoms with Gasteiger partial charge in [-0.05, 0) is 29.3 Å². The van der Waals surface area contributed by atoms with Crippen molar-refractivity contribution in [3.8, 4) is 17.2 Å². The molecular formula is C13H8Cl2N2O. The largest absolute Gasteiger partial charge is 0.329 e. The van der Waals surface area contributed by atoms with Gasteiger partial charge in [0, 0.05) is 6.20 Å². The third-order valence-corrected chi connectivity index (χ3v) is 3.26. The predicted octanol–water partition coefficient (Wildman–Crippen LogP) is 3.41. The zero-order valence-electron chi connectivity index (χ0n) is 9.21. The van der Waals surface area contributed by atoms with Gasteiger partial charge in [0.2, 0.25) is 0 Å². The van der Waals surface area contributed by atoms with Crippen molar-refractivity contribution in [3.05, 3.63) is 56.4 Å². The van der Waals surface area contributed by atoms with Crippen LogP contribution < -0.4 is 5.56 Å². The normalized spacial score (nSPS) is 10.1. The lowest BCUT2D eigenvalue weighted by molar-refractivity contribution is 1.17. The fourth-order valence-corrected chi connectivity index (χ4v) is 2.02. The number of nitrogens with zero attached hydrogens (tertiary/aromatic N) is 1. The first-order chi connectivity index (χ1) is 8.63. The number of H-pyrrole nitrogens is 1. The van der Waals surface area contributed by atoms with Crippen molar-refractivity contribution in [2.45, 2.75) is 6.42 Å². The highest BCUT2D eigenvalue weighted by Gasteiger charge is 2.10. The van der Waals surface area contributed by atoms with Crippen molar-refractivity contribution in [3.63, 3.8) is 0 Å². The Morgan fingerprint density at radius 1 is 1.22 bits per heavy atom. The van der Waals surface area contributed by atoms with E-state index in [1.165, 1.54) is 6.20 Å². The van der Waals surface area contributed by atoms with E-state index in [0.717, 1.165) is 0 Å². The summed E-state index contributed by atoms with van der Waals surface area (Å²) in [4.78, 5) is 14.5. The van der Waals surface area contributed by atoms with Crippen molar-refractivity contribution in [2.75, 3.05) is 0 Å². The quantitative estimate of drug-likeness (QED) is 0.915. The molecule has 0 radical (unpaired) electrons. The maximum atomic E-state index is 11.9. The molecule has 0 saturated heterocycles. The Bertz CT molecular complexity index is 686. The molecule has 0 spiro atoms. The molecule has 1 heterocycles. The van der Waals surface area contributed by atoms with Crippen LogP contribution in [-0.2, 0) is 6.42 Å². The van der Waals surface area contributed by atoms with Crippen LogP contribution in [0, 0.1) is 11.3 Å². The number of rotatable bonds is 2. The van der Waals surface area contributed by atoms with E-state index in [2.05, 4.69) is 4.98 Å². The van der Waals surface area contributed by atoms with E-state index in [-0.39, 0.29) is 12.0 Å². The van der Waals surface area contributed by atoms with Crippen LogP contribution in [0.15, 0.2) is 35.3 Å². The molecule has 3 nitrogen and oxygen atoms in total. The molecule has 18 heavy (non-hydrogen) atoms. The Morgan fingerprint density at radius 3 is 2.67 bits per heavy atom. The SMILES string of the molecule is N#CCc1cc[nH]c(=O)c1-c1ccc(Cl)c(Cl)c1. The Balaban J connectivity index is 2.66. The summed E-state index contributed by atoms with van der Waals surface area (Å²) in [5.41, 5.74) is 1.52. The average molecular weight is 279 g/mol.